The van der Waals surface area contributed by atoms with Crippen LogP contribution in [-0.4, -0.2) is 26.8 Å². The van der Waals surface area contributed by atoms with Crippen LogP contribution in [0.1, 0.15) is 48.8 Å². The van der Waals surface area contributed by atoms with Crippen molar-refractivity contribution < 1.29 is 0 Å². The highest BCUT2D eigenvalue weighted by molar-refractivity contribution is 7.11. The van der Waals surface area contributed by atoms with E-state index in [1.165, 1.54) is 9.75 Å². The molecule has 2 aromatic heterocycles. The van der Waals surface area contributed by atoms with Crippen molar-refractivity contribution in [2.24, 2.45) is 0 Å². The van der Waals surface area contributed by atoms with Crippen molar-refractivity contribution >= 4 is 11.3 Å². The number of thiophene rings is 1. The molecule has 6 heteroatoms. The van der Waals surface area contributed by atoms with E-state index in [0.29, 0.717) is 0 Å². The summed E-state index contributed by atoms with van der Waals surface area (Å²) < 4.78 is 1.89. The van der Waals surface area contributed by atoms with Gasteiger partial charge in [-0.3, -0.25) is 0 Å². The fraction of sp³-hybridized carbons (Fsp3) is 0.615. The first-order valence-electron chi connectivity index (χ1n) is 6.81. The number of hydrogen-bond acceptors (Lipinski definition) is 5. The molecule has 5 nitrogen and oxygen atoms in total. The SMILES string of the molecule is CCCNC(C)c1nnnn1Cc1ccc(CC)s1. The molecule has 1 N–H and O–H groups in total. The minimum atomic E-state index is 0.181. The number of nitrogens with zero attached hydrogens (tertiary/aromatic N) is 4. The second kappa shape index (κ2) is 6.77. The van der Waals surface area contributed by atoms with E-state index in [1.54, 1.807) is 0 Å². The molecule has 1 unspecified atom stereocenters. The van der Waals surface area contributed by atoms with E-state index < -0.39 is 0 Å². The van der Waals surface area contributed by atoms with Gasteiger partial charge in [-0.15, -0.1) is 16.4 Å². The molecule has 2 rings (SSSR count). The first-order chi connectivity index (χ1) is 9.24. The molecule has 0 saturated carbocycles. The predicted molar refractivity (Wildman–Crippen MR) is 77.3 cm³/mol. The number of hydrogen-bond donors (Lipinski definition) is 1. The molecule has 1 atom stereocenters. The van der Waals surface area contributed by atoms with Crippen molar-refractivity contribution in [1.82, 2.24) is 25.5 Å². The van der Waals surface area contributed by atoms with Gasteiger partial charge in [0.25, 0.3) is 0 Å². The van der Waals surface area contributed by atoms with E-state index in [2.05, 4.69) is 53.7 Å². The zero-order chi connectivity index (χ0) is 13.7. The lowest BCUT2D eigenvalue weighted by molar-refractivity contribution is 0.505. The van der Waals surface area contributed by atoms with E-state index in [9.17, 15) is 0 Å². The second-order valence-electron chi connectivity index (χ2n) is 4.59. The molecule has 0 aromatic carbocycles. The maximum Gasteiger partial charge on any atom is 0.168 e. The highest BCUT2D eigenvalue weighted by Gasteiger charge is 2.14. The van der Waals surface area contributed by atoms with E-state index >= 15 is 0 Å². The molecule has 0 saturated heterocycles. The molecule has 0 spiro atoms. The summed E-state index contributed by atoms with van der Waals surface area (Å²) in [5.41, 5.74) is 0. The Kier molecular flexibility index (Phi) is 5.04. The minimum Gasteiger partial charge on any atom is -0.307 e. The molecule has 104 valence electrons. The summed E-state index contributed by atoms with van der Waals surface area (Å²) in [5.74, 6) is 0.903. The topological polar surface area (TPSA) is 55.6 Å². The van der Waals surface area contributed by atoms with Crippen LogP contribution in [0.2, 0.25) is 0 Å². The van der Waals surface area contributed by atoms with Crippen LogP contribution in [-0.2, 0) is 13.0 Å². The van der Waals surface area contributed by atoms with Crippen molar-refractivity contribution in [1.29, 1.82) is 0 Å². The lowest BCUT2D eigenvalue weighted by atomic mass is 10.3. The molecule has 0 aliphatic carbocycles. The molecule has 0 radical (unpaired) electrons. The van der Waals surface area contributed by atoms with E-state index in [0.717, 1.165) is 31.8 Å². The largest absolute Gasteiger partial charge is 0.307 e. The molecule has 0 amide bonds. The molecular formula is C13H21N5S. The third kappa shape index (κ3) is 3.61. The van der Waals surface area contributed by atoms with Gasteiger partial charge in [0, 0.05) is 9.75 Å². The lowest BCUT2D eigenvalue weighted by Crippen LogP contribution is -2.23. The van der Waals surface area contributed by atoms with Gasteiger partial charge in [-0.05, 0) is 48.9 Å². The maximum absolute atomic E-state index is 4.14. The molecular weight excluding hydrogens is 258 g/mol. The van der Waals surface area contributed by atoms with Gasteiger partial charge in [0.2, 0.25) is 0 Å². The van der Waals surface area contributed by atoms with E-state index in [-0.39, 0.29) is 6.04 Å². The molecule has 19 heavy (non-hydrogen) atoms. The monoisotopic (exact) mass is 279 g/mol. The number of aromatic nitrogens is 4. The molecule has 2 aromatic rings. The second-order valence-corrected chi connectivity index (χ2v) is 5.84. The van der Waals surface area contributed by atoms with E-state index in [1.807, 2.05) is 16.0 Å². The Hall–Kier alpha value is -1.27. The zero-order valence-electron chi connectivity index (χ0n) is 11.8. The Labute approximate surface area is 118 Å². The van der Waals surface area contributed by atoms with Gasteiger partial charge in [0.1, 0.15) is 0 Å². The number of aryl methyl sites for hydroxylation is 1. The normalized spacial score (nSPS) is 12.8. The van der Waals surface area contributed by atoms with Gasteiger partial charge < -0.3 is 5.32 Å². The number of nitrogens with one attached hydrogen (secondary N) is 1. The van der Waals surface area contributed by atoms with Crippen molar-refractivity contribution in [3.05, 3.63) is 27.7 Å². The number of tetrazole rings is 1. The molecule has 0 fully saturated rings. The smallest absolute Gasteiger partial charge is 0.168 e. The Morgan fingerprint density at radius 2 is 2.11 bits per heavy atom. The van der Waals surface area contributed by atoms with Crippen LogP contribution in [0.15, 0.2) is 12.1 Å². The van der Waals surface area contributed by atoms with Crippen molar-refractivity contribution in [3.63, 3.8) is 0 Å². The van der Waals surface area contributed by atoms with Crippen LogP contribution in [0.3, 0.4) is 0 Å². The van der Waals surface area contributed by atoms with Gasteiger partial charge in [0.05, 0.1) is 12.6 Å². The highest BCUT2D eigenvalue weighted by Crippen LogP contribution is 2.19. The average Bonchev–Trinajstić information content (AvgIpc) is 3.05. The fourth-order valence-electron chi connectivity index (χ4n) is 1.93. The van der Waals surface area contributed by atoms with Gasteiger partial charge in [-0.1, -0.05) is 13.8 Å². The van der Waals surface area contributed by atoms with Gasteiger partial charge in [-0.25, -0.2) is 4.68 Å². The summed E-state index contributed by atoms with van der Waals surface area (Å²) in [6.45, 7) is 8.16. The molecule has 0 aliphatic heterocycles. The van der Waals surface area contributed by atoms with Crippen molar-refractivity contribution in [3.8, 4) is 0 Å². The summed E-state index contributed by atoms with van der Waals surface area (Å²) in [5, 5.41) is 15.5. The first kappa shape index (κ1) is 14.1. The van der Waals surface area contributed by atoms with Gasteiger partial charge >= 0.3 is 0 Å². The Balaban J connectivity index is 2.06. The van der Waals surface area contributed by atoms with Crippen LogP contribution in [0.25, 0.3) is 0 Å². The molecule has 0 aliphatic rings. The third-order valence-electron chi connectivity index (χ3n) is 3.02. The number of rotatable bonds is 7. The standard InChI is InChI=1S/C13H21N5S/c1-4-8-14-10(3)13-15-16-17-18(13)9-12-7-6-11(5-2)19-12/h6-7,10,14H,4-5,8-9H2,1-3H3. The average molecular weight is 279 g/mol. The summed E-state index contributed by atoms with van der Waals surface area (Å²) in [4.78, 5) is 2.70. The molecule has 2 heterocycles. The first-order valence-corrected chi connectivity index (χ1v) is 7.63. The van der Waals surface area contributed by atoms with Crippen LogP contribution in [0.5, 0.6) is 0 Å². The predicted octanol–water partition coefficient (Wildman–Crippen LogP) is 2.41. The Morgan fingerprint density at radius 1 is 1.32 bits per heavy atom. The van der Waals surface area contributed by atoms with Gasteiger partial charge in [0.15, 0.2) is 5.82 Å². The van der Waals surface area contributed by atoms with Crippen LogP contribution in [0, 0.1) is 0 Å². The van der Waals surface area contributed by atoms with Crippen molar-refractivity contribution in [2.45, 2.75) is 46.2 Å². The van der Waals surface area contributed by atoms with E-state index in [4.69, 9.17) is 0 Å². The minimum absolute atomic E-state index is 0.181. The quantitative estimate of drug-likeness (QED) is 0.845. The summed E-state index contributed by atoms with van der Waals surface area (Å²) in [6.07, 6.45) is 2.19. The van der Waals surface area contributed by atoms with Gasteiger partial charge in [-0.2, -0.15) is 0 Å². The Bertz CT molecular complexity index is 505. The maximum atomic E-state index is 4.14. The van der Waals surface area contributed by atoms with Crippen LogP contribution >= 0.6 is 11.3 Å². The fourth-order valence-corrected chi connectivity index (χ4v) is 2.87. The summed E-state index contributed by atoms with van der Waals surface area (Å²) in [6, 6.07) is 4.53. The summed E-state index contributed by atoms with van der Waals surface area (Å²) in [7, 11) is 0. The summed E-state index contributed by atoms with van der Waals surface area (Å²) >= 11 is 1.83. The van der Waals surface area contributed by atoms with Crippen molar-refractivity contribution in [2.75, 3.05) is 6.54 Å². The van der Waals surface area contributed by atoms with Crippen LogP contribution < -0.4 is 5.32 Å². The highest BCUT2D eigenvalue weighted by atomic mass is 32.1. The Morgan fingerprint density at radius 3 is 2.79 bits per heavy atom. The van der Waals surface area contributed by atoms with Crippen LogP contribution in [0.4, 0.5) is 0 Å². The third-order valence-corrected chi connectivity index (χ3v) is 4.23. The lowest BCUT2D eigenvalue weighted by Gasteiger charge is -2.12. The molecule has 0 bridgehead atoms. The zero-order valence-corrected chi connectivity index (χ0v) is 12.6.